The van der Waals surface area contributed by atoms with Crippen molar-refractivity contribution in [3.8, 4) is 0 Å². The van der Waals surface area contributed by atoms with Gasteiger partial charge in [0.2, 0.25) is 0 Å². The highest BCUT2D eigenvalue weighted by Gasteiger charge is 2.54. The quantitative estimate of drug-likeness (QED) is 0.546. The van der Waals surface area contributed by atoms with Crippen LogP contribution in [-0.4, -0.2) is 78.8 Å². The highest BCUT2D eigenvalue weighted by molar-refractivity contribution is 5.07. The van der Waals surface area contributed by atoms with Gasteiger partial charge in [0.1, 0.15) is 5.67 Å². The molecule has 5 fully saturated rings. The van der Waals surface area contributed by atoms with Gasteiger partial charge in [-0.2, -0.15) is 0 Å². The molecule has 5 rings (SSSR count). The van der Waals surface area contributed by atoms with Gasteiger partial charge in [0.15, 0.2) is 0 Å². The Morgan fingerprint density at radius 3 is 1.68 bits per heavy atom. The highest BCUT2D eigenvalue weighted by Crippen LogP contribution is 2.55. The summed E-state index contributed by atoms with van der Waals surface area (Å²) in [4.78, 5) is 7.78. The predicted octanol–water partition coefficient (Wildman–Crippen LogP) is 5.20. The molecule has 0 radical (unpaired) electrons. The van der Waals surface area contributed by atoms with Crippen LogP contribution >= 0.6 is 0 Å². The Labute approximate surface area is 191 Å². The number of likely N-dealkylation sites (tertiary alicyclic amines) is 3. The smallest absolute Gasteiger partial charge is 0.123 e. The number of hydrogen-bond donors (Lipinski definition) is 0. The average molecular weight is 434 g/mol. The Kier molecular flexibility index (Phi) is 5.79. The molecule has 178 valence electrons. The summed E-state index contributed by atoms with van der Waals surface area (Å²) >= 11 is 0. The molecule has 0 N–H and O–H groups in total. The number of nitrogens with zero attached hydrogens (tertiary/aromatic N) is 3. The number of halogens is 1. The van der Waals surface area contributed by atoms with E-state index < -0.39 is 5.67 Å². The summed E-state index contributed by atoms with van der Waals surface area (Å²) in [5.41, 5.74) is 0.707. The maximum atomic E-state index is 15.7. The topological polar surface area (TPSA) is 9.72 Å². The van der Waals surface area contributed by atoms with Crippen molar-refractivity contribution in [1.29, 1.82) is 0 Å². The second-order valence-electron chi connectivity index (χ2n) is 13.7. The molecule has 0 unspecified atom stereocenters. The van der Waals surface area contributed by atoms with Crippen LogP contribution in [0.1, 0.15) is 85.5 Å². The summed E-state index contributed by atoms with van der Waals surface area (Å²) in [7, 11) is 0. The third kappa shape index (κ3) is 4.73. The minimum Gasteiger partial charge on any atom is -0.302 e. The maximum Gasteiger partial charge on any atom is 0.123 e. The van der Waals surface area contributed by atoms with E-state index in [9.17, 15) is 0 Å². The molecule has 2 spiro atoms. The Bertz CT molecular complexity index is 623. The summed E-state index contributed by atoms with van der Waals surface area (Å²) in [5.74, 6) is 0.822. The zero-order valence-electron chi connectivity index (χ0n) is 20.9. The van der Waals surface area contributed by atoms with E-state index in [2.05, 4.69) is 42.4 Å². The van der Waals surface area contributed by atoms with E-state index in [1.165, 1.54) is 64.8 Å². The van der Waals surface area contributed by atoms with E-state index in [4.69, 9.17) is 0 Å². The molecule has 3 saturated heterocycles. The Morgan fingerprint density at radius 2 is 1.19 bits per heavy atom. The maximum absolute atomic E-state index is 15.7. The molecule has 5 aliphatic rings. The fourth-order valence-electron chi connectivity index (χ4n) is 7.91. The first kappa shape index (κ1) is 22.6. The van der Waals surface area contributed by atoms with E-state index in [1.54, 1.807) is 0 Å². The lowest BCUT2D eigenvalue weighted by Gasteiger charge is -2.58. The van der Waals surface area contributed by atoms with Gasteiger partial charge in [-0.05, 0) is 107 Å². The standard InChI is InChI=1S/C27H48FN3/c1-22(2)15-24(5-6-24)16-29-17-25(18-29)7-9-27(28,10-8-25)21-30-19-26(20-30)11-13-31(14-12-26)23(3)4/h22-23H,5-21H2,1-4H3. The highest BCUT2D eigenvalue weighted by atomic mass is 19.1. The first-order chi connectivity index (χ1) is 14.6. The minimum atomic E-state index is -0.915. The molecule has 3 aliphatic heterocycles. The van der Waals surface area contributed by atoms with E-state index in [1.807, 2.05) is 0 Å². The van der Waals surface area contributed by atoms with Gasteiger partial charge in [-0.1, -0.05) is 13.8 Å². The average Bonchev–Trinajstić information content (AvgIpc) is 3.40. The lowest BCUT2D eigenvalue weighted by atomic mass is 9.64. The van der Waals surface area contributed by atoms with Crippen LogP contribution in [0.5, 0.6) is 0 Å². The van der Waals surface area contributed by atoms with E-state index in [0.29, 0.717) is 28.8 Å². The summed E-state index contributed by atoms with van der Waals surface area (Å²) in [5, 5.41) is 0. The fourth-order valence-corrected chi connectivity index (χ4v) is 7.91. The molecule has 2 aliphatic carbocycles. The summed E-state index contributed by atoms with van der Waals surface area (Å²) in [6, 6.07) is 0.671. The Balaban J connectivity index is 1.03. The van der Waals surface area contributed by atoms with Gasteiger partial charge in [-0.15, -0.1) is 0 Å². The number of alkyl halides is 1. The van der Waals surface area contributed by atoms with Crippen molar-refractivity contribution in [3.05, 3.63) is 0 Å². The van der Waals surface area contributed by atoms with Crippen LogP contribution in [0.2, 0.25) is 0 Å². The number of rotatable bonds is 7. The molecule has 0 amide bonds. The molecular formula is C27H48FN3. The van der Waals surface area contributed by atoms with Crippen LogP contribution in [0, 0.1) is 22.2 Å². The van der Waals surface area contributed by atoms with Crippen molar-refractivity contribution < 1.29 is 4.39 Å². The first-order valence-electron chi connectivity index (χ1n) is 13.5. The minimum absolute atomic E-state index is 0.462. The molecule has 0 aromatic rings. The lowest BCUT2D eigenvalue weighted by molar-refractivity contribution is -0.107. The second-order valence-corrected chi connectivity index (χ2v) is 13.7. The Morgan fingerprint density at radius 1 is 0.677 bits per heavy atom. The third-order valence-electron chi connectivity index (χ3n) is 9.90. The molecule has 3 nitrogen and oxygen atoms in total. The van der Waals surface area contributed by atoms with Gasteiger partial charge in [0.25, 0.3) is 0 Å². The van der Waals surface area contributed by atoms with E-state index in [0.717, 1.165) is 44.7 Å². The van der Waals surface area contributed by atoms with Crippen LogP contribution in [0.25, 0.3) is 0 Å². The second kappa shape index (κ2) is 7.94. The lowest BCUT2D eigenvalue weighted by Crippen LogP contribution is -2.64. The van der Waals surface area contributed by atoms with Crippen molar-refractivity contribution in [2.45, 2.75) is 97.2 Å². The van der Waals surface area contributed by atoms with Crippen LogP contribution < -0.4 is 0 Å². The Hall–Kier alpha value is -0.190. The van der Waals surface area contributed by atoms with Crippen LogP contribution in [0.3, 0.4) is 0 Å². The van der Waals surface area contributed by atoms with Crippen molar-refractivity contribution in [3.63, 3.8) is 0 Å². The van der Waals surface area contributed by atoms with Crippen molar-refractivity contribution in [2.75, 3.05) is 52.4 Å². The van der Waals surface area contributed by atoms with Gasteiger partial charge >= 0.3 is 0 Å². The summed E-state index contributed by atoms with van der Waals surface area (Å²) < 4.78 is 15.7. The summed E-state index contributed by atoms with van der Waals surface area (Å²) in [6.45, 7) is 18.7. The SMILES string of the molecule is CC(C)CC1(CN2CC3(CCC(F)(CN4CC5(CCN(C(C)C)CC5)C4)CC3)C2)CC1. The normalized spacial score (nSPS) is 31.8. The van der Waals surface area contributed by atoms with Gasteiger partial charge in [0, 0.05) is 45.3 Å². The van der Waals surface area contributed by atoms with Gasteiger partial charge in [-0.3, -0.25) is 4.90 Å². The zero-order chi connectivity index (χ0) is 21.9. The molecule has 0 atom stereocenters. The van der Waals surface area contributed by atoms with E-state index in [-0.39, 0.29) is 0 Å². The van der Waals surface area contributed by atoms with Crippen LogP contribution in [0.4, 0.5) is 4.39 Å². The third-order valence-corrected chi connectivity index (χ3v) is 9.90. The van der Waals surface area contributed by atoms with Crippen LogP contribution in [0.15, 0.2) is 0 Å². The molecule has 3 heterocycles. The molecule has 4 heteroatoms. The predicted molar refractivity (Wildman–Crippen MR) is 127 cm³/mol. The number of piperidine rings is 1. The van der Waals surface area contributed by atoms with Crippen molar-refractivity contribution >= 4 is 0 Å². The molecular weight excluding hydrogens is 385 g/mol. The molecule has 0 aromatic heterocycles. The number of hydrogen-bond acceptors (Lipinski definition) is 3. The zero-order valence-corrected chi connectivity index (χ0v) is 20.9. The van der Waals surface area contributed by atoms with E-state index >= 15 is 4.39 Å². The van der Waals surface area contributed by atoms with Gasteiger partial charge < -0.3 is 9.80 Å². The molecule has 31 heavy (non-hydrogen) atoms. The monoisotopic (exact) mass is 433 g/mol. The first-order valence-corrected chi connectivity index (χ1v) is 13.5. The summed E-state index contributed by atoms with van der Waals surface area (Å²) in [6.07, 6.45) is 10.8. The molecule has 0 aromatic carbocycles. The largest absolute Gasteiger partial charge is 0.302 e. The van der Waals surface area contributed by atoms with Crippen molar-refractivity contribution in [1.82, 2.24) is 14.7 Å². The van der Waals surface area contributed by atoms with Gasteiger partial charge in [0.05, 0.1) is 0 Å². The van der Waals surface area contributed by atoms with Crippen molar-refractivity contribution in [2.24, 2.45) is 22.2 Å². The fraction of sp³-hybridized carbons (Fsp3) is 1.00. The molecule has 0 bridgehead atoms. The van der Waals surface area contributed by atoms with Gasteiger partial charge in [-0.25, -0.2) is 4.39 Å². The molecule has 2 saturated carbocycles. The van der Waals surface area contributed by atoms with Crippen LogP contribution in [-0.2, 0) is 0 Å².